The Labute approximate surface area is 231 Å². The molecule has 0 atom stereocenters. The van der Waals surface area contributed by atoms with Crippen molar-refractivity contribution in [2.24, 2.45) is 0 Å². The number of aryl methyl sites for hydroxylation is 2. The van der Waals surface area contributed by atoms with Crippen LogP contribution in [0.5, 0.6) is 11.5 Å². The molecule has 0 saturated heterocycles. The molecule has 188 valence electrons. The number of nitrogens with zero attached hydrogens (tertiary/aromatic N) is 3. The predicted molar refractivity (Wildman–Crippen MR) is 154 cm³/mol. The summed E-state index contributed by atoms with van der Waals surface area (Å²) in [7, 11) is 0. The van der Waals surface area contributed by atoms with Gasteiger partial charge in [0.25, 0.3) is 0 Å². The zero-order chi connectivity index (χ0) is 25.7. The van der Waals surface area contributed by atoms with Gasteiger partial charge >= 0.3 is 0 Å². The Morgan fingerprint density at radius 2 is 1.79 bits per heavy atom. The largest absolute Gasteiger partial charge is 0.453 e. The number of hydrogen-bond donors (Lipinski definition) is 1. The summed E-state index contributed by atoms with van der Waals surface area (Å²) in [6.07, 6.45) is 5.41. The number of fused-ring (bicyclic) bond motifs is 1. The fourth-order valence-corrected chi connectivity index (χ4v) is 6.46. The molecule has 1 N–H and O–H groups in total. The zero-order valence-electron chi connectivity index (χ0n) is 20.0. The van der Waals surface area contributed by atoms with Crippen LogP contribution in [0.1, 0.15) is 11.3 Å². The summed E-state index contributed by atoms with van der Waals surface area (Å²) in [5.74, 6) is 1.27. The van der Waals surface area contributed by atoms with Crippen LogP contribution in [0.4, 0.5) is 15.3 Å². The molecule has 6 rings (SSSR count). The monoisotopic (exact) mass is 556 g/mol. The van der Waals surface area contributed by atoms with E-state index in [0.717, 1.165) is 43.7 Å². The van der Waals surface area contributed by atoms with Crippen molar-refractivity contribution in [1.29, 1.82) is 0 Å². The van der Waals surface area contributed by atoms with Crippen molar-refractivity contribution in [1.82, 2.24) is 15.0 Å². The molecule has 4 aromatic heterocycles. The van der Waals surface area contributed by atoms with Gasteiger partial charge in [-0.2, -0.15) is 0 Å². The molecular formula is C29H21FN4OS3. The number of pyridine rings is 2. The van der Waals surface area contributed by atoms with E-state index in [1.165, 1.54) is 29.0 Å². The van der Waals surface area contributed by atoms with Crippen molar-refractivity contribution in [3.05, 3.63) is 113 Å². The van der Waals surface area contributed by atoms with E-state index in [-0.39, 0.29) is 5.82 Å². The van der Waals surface area contributed by atoms with Gasteiger partial charge in [0.15, 0.2) is 16.7 Å². The first-order valence-corrected chi connectivity index (χ1v) is 14.5. The minimum absolute atomic E-state index is 0.318. The van der Waals surface area contributed by atoms with Gasteiger partial charge in [0.1, 0.15) is 11.6 Å². The molecule has 9 heteroatoms. The average Bonchev–Trinajstić information content (AvgIpc) is 3.61. The smallest absolute Gasteiger partial charge is 0.188 e. The maximum Gasteiger partial charge on any atom is 0.188 e. The van der Waals surface area contributed by atoms with Crippen molar-refractivity contribution >= 4 is 55.6 Å². The average molecular weight is 557 g/mol. The van der Waals surface area contributed by atoms with Gasteiger partial charge in [-0.3, -0.25) is 4.98 Å². The Hall–Kier alpha value is -3.79. The van der Waals surface area contributed by atoms with Crippen LogP contribution in [0, 0.1) is 5.82 Å². The summed E-state index contributed by atoms with van der Waals surface area (Å²) in [6, 6.07) is 22.3. The first-order valence-electron chi connectivity index (χ1n) is 11.9. The van der Waals surface area contributed by atoms with Crippen molar-refractivity contribution in [2.45, 2.75) is 22.6 Å². The lowest BCUT2D eigenvalue weighted by Crippen LogP contribution is -1.98. The number of aromatic nitrogens is 3. The van der Waals surface area contributed by atoms with Gasteiger partial charge in [0, 0.05) is 33.6 Å². The lowest BCUT2D eigenvalue weighted by Gasteiger charge is -2.13. The lowest BCUT2D eigenvalue weighted by molar-refractivity contribution is 0.479. The molecule has 0 fully saturated rings. The van der Waals surface area contributed by atoms with Crippen LogP contribution in [0.3, 0.4) is 0 Å². The fourth-order valence-electron chi connectivity index (χ4n) is 3.84. The summed E-state index contributed by atoms with van der Waals surface area (Å²) >= 11 is 4.79. The Morgan fingerprint density at radius 1 is 0.921 bits per heavy atom. The highest BCUT2D eigenvalue weighted by molar-refractivity contribution is 7.99. The van der Waals surface area contributed by atoms with E-state index in [4.69, 9.17) is 9.72 Å². The van der Waals surface area contributed by atoms with E-state index in [9.17, 15) is 4.39 Å². The SMILES string of the molecule is Fc1ccc(Oc2cc(Sc3ccnc4ccsc34)cnc2Nc2nc(CCc3ccccc3)cs2)cc1. The number of thiophene rings is 1. The number of benzene rings is 2. The van der Waals surface area contributed by atoms with Crippen molar-refractivity contribution in [3.8, 4) is 11.5 Å². The Bertz CT molecular complexity index is 1670. The number of anilines is 2. The molecular weight excluding hydrogens is 536 g/mol. The third-order valence-corrected chi connectivity index (χ3v) is 8.59. The minimum atomic E-state index is -0.318. The first kappa shape index (κ1) is 24.5. The zero-order valence-corrected chi connectivity index (χ0v) is 22.5. The summed E-state index contributed by atoms with van der Waals surface area (Å²) in [5.41, 5.74) is 3.28. The molecule has 38 heavy (non-hydrogen) atoms. The molecule has 4 heterocycles. The number of ether oxygens (including phenoxy) is 1. The second-order valence-corrected chi connectivity index (χ2v) is 11.3. The van der Waals surface area contributed by atoms with Gasteiger partial charge < -0.3 is 10.1 Å². The molecule has 0 radical (unpaired) electrons. The van der Waals surface area contributed by atoms with Gasteiger partial charge in [-0.25, -0.2) is 14.4 Å². The van der Waals surface area contributed by atoms with E-state index in [0.29, 0.717) is 17.3 Å². The molecule has 0 aliphatic heterocycles. The standard InChI is InChI=1S/C29H21FN4OS3/c30-20-7-10-22(11-8-20)35-25-16-23(38-26-12-14-31-24-13-15-36-27(24)26)17-32-28(25)34-29-33-21(18-37-29)9-6-19-4-2-1-3-5-19/h1-5,7-8,10-18H,6,9H2,(H,32,33,34). The quantitative estimate of drug-likeness (QED) is 0.192. The number of hydrogen-bond acceptors (Lipinski definition) is 8. The Kier molecular flexibility index (Phi) is 7.30. The van der Waals surface area contributed by atoms with E-state index >= 15 is 0 Å². The molecule has 0 saturated carbocycles. The number of rotatable bonds is 9. The van der Waals surface area contributed by atoms with E-state index in [1.54, 1.807) is 35.2 Å². The predicted octanol–water partition coefficient (Wildman–Crippen LogP) is 8.76. The van der Waals surface area contributed by atoms with Crippen LogP contribution < -0.4 is 10.1 Å². The molecule has 2 aromatic carbocycles. The highest BCUT2D eigenvalue weighted by Crippen LogP contribution is 2.39. The van der Waals surface area contributed by atoms with Crippen molar-refractivity contribution in [2.75, 3.05) is 5.32 Å². The topological polar surface area (TPSA) is 59.9 Å². The molecule has 0 unspecified atom stereocenters. The maximum atomic E-state index is 13.5. The molecule has 0 amide bonds. The summed E-state index contributed by atoms with van der Waals surface area (Å²) in [4.78, 5) is 15.9. The van der Waals surface area contributed by atoms with Crippen LogP contribution in [0.15, 0.2) is 106 Å². The maximum absolute atomic E-state index is 13.5. The van der Waals surface area contributed by atoms with Gasteiger partial charge in [-0.15, -0.1) is 22.7 Å². The van der Waals surface area contributed by atoms with E-state index in [1.807, 2.05) is 42.0 Å². The van der Waals surface area contributed by atoms with Gasteiger partial charge in [-0.05, 0) is 60.2 Å². The van der Waals surface area contributed by atoms with E-state index in [2.05, 4.69) is 44.9 Å². The Balaban J connectivity index is 1.24. The molecule has 5 nitrogen and oxygen atoms in total. The number of halogens is 1. The molecule has 6 aromatic rings. The van der Waals surface area contributed by atoms with Crippen LogP contribution in [-0.4, -0.2) is 15.0 Å². The fraction of sp³-hybridized carbons (Fsp3) is 0.0690. The highest BCUT2D eigenvalue weighted by atomic mass is 32.2. The first-order chi connectivity index (χ1) is 18.7. The van der Waals surface area contributed by atoms with Crippen LogP contribution in [-0.2, 0) is 12.8 Å². The second-order valence-electron chi connectivity index (χ2n) is 8.37. The van der Waals surface area contributed by atoms with Crippen molar-refractivity contribution < 1.29 is 9.13 Å². The summed E-state index contributed by atoms with van der Waals surface area (Å²) in [6.45, 7) is 0. The molecule has 0 aliphatic rings. The van der Waals surface area contributed by atoms with Gasteiger partial charge in [-0.1, -0.05) is 42.1 Å². The van der Waals surface area contributed by atoms with Crippen LogP contribution in [0.2, 0.25) is 0 Å². The highest BCUT2D eigenvalue weighted by Gasteiger charge is 2.14. The molecule has 0 bridgehead atoms. The number of nitrogens with one attached hydrogen (secondary N) is 1. The lowest BCUT2D eigenvalue weighted by atomic mass is 10.1. The normalized spacial score (nSPS) is 11.1. The van der Waals surface area contributed by atoms with Crippen LogP contribution >= 0.6 is 34.4 Å². The molecule has 0 spiro atoms. The molecule has 0 aliphatic carbocycles. The second kappa shape index (κ2) is 11.3. The Morgan fingerprint density at radius 3 is 2.66 bits per heavy atom. The van der Waals surface area contributed by atoms with Crippen LogP contribution in [0.25, 0.3) is 10.2 Å². The van der Waals surface area contributed by atoms with E-state index < -0.39 is 0 Å². The summed E-state index contributed by atoms with van der Waals surface area (Å²) in [5, 5.41) is 8.16. The number of thiazole rings is 1. The van der Waals surface area contributed by atoms with Gasteiger partial charge in [0.05, 0.1) is 15.9 Å². The minimum Gasteiger partial charge on any atom is -0.453 e. The van der Waals surface area contributed by atoms with Gasteiger partial charge in [0.2, 0.25) is 0 Å². The third kappa shape index (κ3) is 5.85. The van der Waals surface area contributed by atoms with Crippen molar-refractivity contribution in [3.63, 3.8) is 0 Å². The third-order valence-electron chi connectivity index (χ3n) is 5.69. The summed E-state index contributed by atoms with van der Waals surface area (Å²) < 4.78 is 20.8.